The topological polar surface area (TPSA) is 73.3 Å². The first kappa shape index (κ1) is 15.6. The van der Waals surface area contributed by atoms with E-state index in [0.717, 1.165) is 5.76 Å². The quantitative estimate of drug-likeness (QED) is 0.657. The van der Waals surface area contributed by atoms with E-state index in [4.69, 9.17) is 9.68 Å². The minimum absolute atomic E-state index is 0.186. The summed E-state index contributed by atoms with van der Waals surface area (Å²) in [6, 6.07) is 9.95. The smallest absolute Gasteiger partial charge is 0.191 e. The van der Waals surface area contributed by atoms with Crippen molar-refractivity contribution >= 4 is 5.96 Å². The zero-order valence-corrected chi connectivity index (χ0v) is 12.3. The average molecular weight is 300 g/mol. The van der Waals surface area contributed by atoms with Crippen molar-refractivity contribution in [2.45, 2.75) is 20.0 Å². The second-order valence-electron chi connectivity index (χ2n) is 4.55. The van der Waals surface area contributed by atoms with E-state index in [2.05, 4.69) is 15.6 Å². The van der Waals surface area contributed by atoms with Gasteiger partial charge in [-0.3, -0.25) is 0 Å². The highest BCUT2D eigenvalue weighted by Gasteiger charge is 2.04. The SMILES string of the molecule is CCNC(=NCc1ccc(C#N)cc1F)NCc1ccco1. The van der Waals surface area contributed by atoms with Crippen LogP contribution in [0.2, 0.25) is 0 Å². The predicted octanol–water partition coefficient (Wildman–Crippen LogP) is 2.55. The normalized spacial score (nSPS) is 11.0. The molecular formula is C16H17FN4O. The largest absolute Gasteiger partial charge is 0.467 e. The van der Waals surface area contributed by atoms with Crippen molar-refractivity contribution < 1.29 is 8.81 Å². The summed E-state index contributed by atoms with van der Waals surface area (Å²) in [6.45, 7) is 3.33. The second-order valence-corrected chi connectivity index (χ2v) is 4.55. The van der Waals surface area contributed by atoms with E-state index in [9.17, 15) is 4.39 Å². The third kappa shape index (κ3) is 4.35. The van der Waals surface area contributed by atoms with Crippen LogP contribution in [-0.4, -0.2) is 12.5 Å². The molecule has 2 aromatic rings. The summed E-state index contributed by atoms with van der Waals surface area (Å²) >= 11 is 0. The number of nitriles is 1. The van der Waals surface area contributed by atoms with Crippen LogP contribution in [-0.2, 0) is 13.1 Å². The molecule has 6 heteroatoms. The van der Waals surface area contributed by atoms with Gasteiger partial charge in [0, 0.05) is 12.1 Å². The lowest BCUT2D eigenvalue weighted by Crippen LogP contribution is -2.36. The first-order valence-corrected chi connectivity index (χ1v) is 6.96. The van der Waals surface area contributed by atoms with Gasteiger partial charge in [-0.25, -0.2) is 9.38 Å². The number of nitrogens with zero attached hydrogens (tertiary/aromatic N) is 2. The van der Waals surface area contributed by atoms with Gasteiger partial charge in [0.2, 0.25) is 0 Å². The monoisotopic (exact) mass is 300 g/mol. The van der Waals surface area contributed by atoms with E-state index in [1.54, 1.807) is 18.4 Å². The average Bonchev–Trinajstić information content (AvgIpc) is 3.04. The van der Waals surface area contributed by atoms with Gasteiger partial charge in [-0.2, -0.15) is 5.26 Å². The van der Waals surface area contributed by atoms with Crippen molar-refractivity contribution in [1.29, 1.82) is 5.26 Å². The van der Waals surface area contributed by atoms with Crippen molar-refractivity contribution in [3.63, 3.8) is 0 Å². The number of hydrogen-bond donors (Lipinski definition) is 2. The Morgan fingerprint density at radius 1 is 1.36 bits per heavy atom. The van der Waals surface area contributed by atoms with E-state index in [1.165, 1.54) is 6.07 Å². The molecule has 0 atom stereocenters. The molecule has 1 aromatic carbocycles. The van der Waals surface area contributed by atoms with Crippen molar-refractivity contribution in [1.82, 2.24) is 10.6 Å². The van der Waals surface area contributed by atoms with Crippen LogP contribution in [0.4, 0.5) is 4.39 Å². The maximum absolute atomic E-state index is 13.8. The lowest BCUT2D eigenvalue weighted by molar-refractivity contribution is 0.501. The molecule has 0 spiro atoms. The highest BCUT2D eigenvalue weighted by atomic mass is 19.1. The van der Waals surface area contributed by atoms with E-state index in [-0.39, 0.29) is 6.54 Å². The Morgan fingerprint density at radius 3 is 2.86 bits per heavy atom. The standard InChI is InChI=1S/C16H17FN4O/c1-2-19-16(21-11-14-4-3-7-22-14)20-10-13-6-5-12(9-18)8-15(13)17/h3-8H,2,10-11H2,1H3,(H2,19,20,21). The fourth-order valence-corrected chi connectivity index (χ4v) is 1.84. The molecule has 22 heavy (non-hydrogen) atoms. The molecule has 0 unspecified atom stereocenters. The number of halogens is 1. The molecule has 0 aliphatic heterocycles. The van der Waals surface area contributed by atoms with Crippen LogP contribution in [0, 0.1) is 17.1 Å². The molecule has 1 aromatic heterocycles. The van der Waals surface area contributed by atoms with Gasteiger partial charge in [0.05, 0.1) is 31.0 Å². The van der Waals surface area contributed by atoms with Crippen LogP contribution in [0.5, 0.6) is 0 Å². The fourth-order valence-electron chi connectivity index (χ4n) is 1.84. The zero-order valence-electron chi connectivity index (χ0n) is 12.3. The summed E-state index contributed by atoms with van der Waals surface area (Å²) in [5.74, 6) is 0.933. The van der Waals surface area contributed by atoms with Crippen LogP contribution < -0.4 is 10.6 Å². The summed E-state index contributed by atoms with van der Waals surface area (Å²) in [4.78, 5) is 4.33. The van der Waals surface area contributed by atoms with Gasteiger partial charge in [0.15, 0.2) is 5.96 Å². The summed E-state index contributed by atoms with van der Waals surface area (Å²) in [5, 5.41) is 14.9. The second kappa shape index (κ2) is 7.84. The van der Waals surface area contributed by atoms with E-state index < -0.39 is 5.82 Å². The van der Waals surface area contributed by atoms with E-state index in [1.807, 2.05) is 25.1 Å². The Morgan fingerprint density at radius 2 is 2.23 bits per heavy atom. The first-order valence-electron chi connectivity index (χ1n) is 6.96. The Balaban J connectivity index is 2.01. The molecule has 2 rings (SSSR count). The molecular weight excluding hydrogens is 283 g/mol. The Hall–Kier alpha value is -2.81. The number of hydrogen-bond acceptors (Lipinski definition) is 3. The highest BCUT2D eigenvalue weighted by Crippen LogP contribution is 2.11. The van der Waals surface area contributed by atoms with Crippen molar-refractivity contribution in [3.05, 3.63) is 59.3 Å². The Bertz CT molecular complexity index is 674. The lowest BCUT2D eigenvalue weighted by atomic mass is 10.1. The van der Waals surface area contributed by atoms with E-state index in [0.29, 0.717) is 30.2 Å². The van der Waals surface area contributed by atoms with Gasteiger partial charge in [-0.05, 0) is 31.2 Å². The molecule has 2 N–H and O–H groups in total. The van der Waals surface area contributed by atoms with Gasteiger partial charge < -0.3 is 15.1 Å². The third-order valence-electron chi connectivity index (χ3n) is 2.94. The molecule has 0 amide bonds. The van der Waals surface area contributed by atoms with Crippen molar-refractivity contribution in [3.8, 4) is 6.07 Å². The Labute approximate surface area is 128 Å². The molecule has 0 aliphatic carbocycles. The molecule has 5 nitrogen and oxygen atoms in total. The van der Waals surface area contributed by atoms with Crippen LogP contribution in [0.25, 0.3) is 0 Å². The zero-order chi connectivity index (χ0) is 15.8. The maximum Gasteiger partial charge on any atom is 0.191 e. The highest BCUT2D eigenvalue weighted by molar-refractivity contribution is 5.79. The van der Waals surface area contributed by atoms with Gasteiger partial charge >= 0.3 is 0 Å². The molecule has 1 heterocycles. The van der Waals surface area contributed by atoms with Crippen molar-refractivity contribution in [2.75, 3.05) is 6.54 Å². The molecule has 0 saturated carbocycles. The van der Waals surface area contributed by atoms with Crippen molar-refractivity contribution in [2.24, 2.45) is 4.99 Å². The number of benzene rings is 1. The lowest BCUT2D eigenvalue weighted by Gasteiger charge is -2.10. The summed E-state index contributed by atoms with van der Waals surface area (Å²) in [5.41, 5.74) is 0.738. The van der Waals surface area contributed by atoms with Gasteiger partial charge in [0.1, 0.15) is 11.6 Å². The van der Waals surface area contributed by atoms with Gasteiger partial charge in [-0.1, -0.05) is 6.07 Å². The minimum Gasteiger partial charge on any atom is -0.467 e. The molecule has 0 aliphatic rings. The third-order valence-corrected chi connectivity index (χ3v) is 2.94. The van der Waals surface area contributed by atoms with Crippen LogP contribution >= 0.6 is 0 Å². The summed E-state index contributed by atoms with van der Waals surface area (Å²) in [7, 11) is 0. The fraction of sp³-hybridized carbons (Fsp3) is 0.250. The summed E-state index contributed by atoms with van der Waals surface area (Å²) in [6.07, 6.45) is 1.60. The minimum atomic E-state index is -0.426. The van der Waals surface area contributed by atoms with Crippen LogP contribution in [0.1, 0.15) is 23.8 Å². The van der Waals surface area contributed by atoms with Crippen LogP contribution in [0.15, 0.2) is 46.0 Å². The number of aliphatic imine (C=N–C) groups is 1. The summed E-state index contributed by atoms with van der Waals surface area (Å²) < 4.78 is 19.0. The number of nitrogens with one attached hydrogen (secondary N) is 2. The molecule has 0 radical (unpaired) electrons. The maximum atomic E-state index is 13.8. The molecule has 0 saturated heterocycles. The first-order chi connectivity index (χ1) is 10.7. The molecule has 0 bridgehead atoms. The number of rotatable bonds is 5. The van der Waals surface area contributed by atoms with Crippen LogP contribution in [0.3, 0.4) is 0 Å². The number of furan rings is 1. The number of guanidine groups is 1. The molecule has 114 valence electrons. The molecule has 0 fully saturated rings. The van der Waals surface area contributed by atoms with E-state index >= 15 is 0 Å². The predicted molar refractivity (Wildman–Crippen MR) is 81.5 cm³/mol. The Kier molecular flexibility index (Phi) is 5.55. The van der Waals surface area contributed by atoms with Gasteiger partial charge in [-0.15, -0.1) is 0 Å². The van der Waals surface area contributed by atoms with Gasteiger partial charge in [0.25, 0.3) is 0 Å².